The van der Waals surface area contributed by atoms with Gasteiger partial charge in [-0.25, -0.2) is 0 Å². The summed E-state index contributed by atoms with van der Waals surface area (Å²) in [7, 11) is 0. The molecule has 1 rings (SSSR count). The van der Waals surface area contributed by atoms with Crippen molar-refractivity contribution in [2.75, 3.05) is 0 Å². The van der Waals surface area contributed by atoms with Gasteiger partial charge in [-0.2, -0.15) is 0 Å². The lowest BCUT2D eigenvalue weighted by Crippen LogP contribution is -2.31. The molecule has 15 heavy (non-hydrogen) atoms. The van der Waals surface area contributed by atoms with Gasteiger partial charge in [0.2, 0.25) is 0 Å². The van der Waals surface area contributed by atoms with Crippen LogP contribution in [-0.4, -0.2) is 17.3 Å². The normalized spacial score (nSPS) is 15.0. The molecule has 0 bridgehead atoms. The number of halogens is 1. The fraction of sp³-hybridized carbons (Fsp3) is 0.500. The Hall–Kier alpha value is -0.380. The zero-order valence-electron chi connectivity index (χ0n) is 9.20. The van der Waals surface area contributed by atoms with Crippen LogP contribution in [0.1, 0.15) is 24.5 Å². The van der Waals surface area contributed by atoms with E-state index in [-0.39, 0.29) is 6.04 Å². The van der Waals surface area contributed by atoms with E-state index < -0.39 is 6.10 Å². The zero-order chi connectivity index (χ0) is 11.4. The summed E-state index contributed by atoms with van der Waals surface area (Å²) < 4.78 is 1.11. The Morgan fingerprint density at radius 3 is 2.67 bits per heavy atom. The van der Waals surface area contributed by atoms with Gasteiger partial charge in [-0.15, -0.1) is 0 Å². The molecule has 2 atom stereocenters. The quantitative estimate of drug-likeness (QED) is 0.884. The minimum absolute atomic E-state index is 0.158. The first-order valence-corrected chi connectivity index (χ1v) is 5.98. The standard InChI is InChI=1S/C12H18BrNO/c1-8-3-4-10(11(13)7-8)5-6-12(15)9(2)14/h3-4,7,9,12,15H,5-6,14H2,1-2H3. The lowest BCUT2D eigenvalue weighted by atomic mass is 10.0. The van der Waals surface area contributed by atoms with Crippen molar-refractivity contribution in [2.45, 2.75) is 38.8 Å². The van der Waals surface area contributed by atoms with E-state index in [4.69, 9.17) is 5.73 Å². The number of hydrogen-bond donors (Lipinski definition) is 2. The van der Waals surface area contributed by atoms with Gasteiger partial charge in [0.1, 0.15) is 0 Å². The average molecular weight is 272 g/mol. The van der Waals surface area contributed by atoms with Gasteiger partial charge in [0, 0.05) is 10.5 Å². The second-order valence-corrected chi connectivity index (χ2v) is 4.91. The lowest BCUT2D eigenvalue weighted by molar-refractivity contribution is 0.141. The van der Waals surface area contributed by atoms with E-state index in [1.54, 1.807) is 0 Å². The Kier molecular flexibility index (Phi) is 4.77. The minimum Gasteiger partial charge on any atom is -0.392 e. The van der Waals surface area contributed by atoms with Crippen LogP contribution in [0.15, 0.2) is 22.7 Å². The van der Waals surface area contributed by atoms with Crippen molar-refractivity contribution in [2.24, 2.45) is 5.73 Å². The van der Waals surface area contributed by atoms with Gasteiger partial charge >= 0.3 is 0 Å². The molecule has 2 nitrogen and oxygen atoms in total. The molecule has 0 spiro atoms. The van der Waals surface area contributed by atoms with Crippen molar-refractivity contribution in [3.05, 3.63) is 33.8 Å². The van der Waals surface area contributed by atoms with Crippen LogP contribution in [0.3, 0.4) is 0 Å². The third kappa shape index (κ3) is 3.93. The van der Waals surface area contributed by atoms with E-state index in [0.29, 0.717) is 6.42 Å². The van der Waals surface area contributed by atoms with Crippen LogP contribution in [0.4, 0.5) is 0 Å². The summed E-state index contributed by atoms with van der Waals surface area (Å²) in [4.78, 5) is 0. The molecule has 1 aromatic carbocycles. The summed E-state index contributed by atoms with van der Waals surface area (Å²) in [5.74, 6) is 0. The van der Waals surface area contributed by atoms with Gasteiger partial charge in [0.25, 0.3) is 0 Å². The molecule has 2 unspecified atom stereocenters. The summed E-state index contributed by atoms with van der Waals surface area (Å²) in [6.07, 6.45) is 1.14. The molecule has 0 aliphatic rings. The molecule has 3 heteroatoms. The summed E-state index contributed by atoms with van der Waals surface area (Å²) in [6, 6.07) is 6.11. The SMILES string of the molecule is Cc1ccc(CCC(O)C(C)N)c(Br)c1. The Balaban J connectivity index is 2.58. The summed E-state index contributed by atoms with van der Waals surface area (Å²) in [5, 5.41) is 9.59. The number of aliphatic hydroxyl groups is 1. The molecule has 84 valence electrons. The first-order valence-electron chi connectivity index (χ1n) is 5.19. The van der Waals surface area contributed by atoms with E-state index in [9.17, 15) is 5.11 Å². The molecule has 0 fully saturated rings. The van der Waals surface area contributed by atoms with Crippen LogP contribution >= 0.6 is 15.9 Å². The smallest absolute Gasteiger partial charge is 0.0691 e. The Bertz CT molecular complexity index is 325. The molecule has 0 aliphatic heterocycles. The maximum Gasteiger partial charge on any atom is 0.0691 e. The summed E-state index contributed by atoms with van der Waals surface area (Å²) >= 11 is 3.52. The van der Waals surface area contributed by atoms with E-state index in [1.165, 1.54) is 11.1 Å². The van der Waals surface area contributed by atoms with Gasteiger partial charge in [-0.1, -0.05) is 28.1 Å². The van der Waals surface area contributed by atoms with Gasteiger partial charge < -0.3 is 10.8 Å². The van der Waals surface area contributed by atoms with Crippen LogP contribution in [0.2, 0.25) is 0 Å². The lowest BCUT2D eigenvalue weighted by Gasteiger charge is -2.14. The predicted molar refractivity (Wildman–Crippen MR) is 66.9 cm³/mol. The highest BCUT2D eigenvalue weighted by Crippen LogP contribution is 2.20. The molecule has 0 aromatic heterocycles. The van der Waals surface area contributed by atoms with E-state index in [1.807, 2.05) is 6.92 Å². The number of nitrogens with two attached hydrogens (primary N) is 1. The summed E-state index contributed by atoms with van der Waals surface area (Å²) in [6.45, 7) is 3.89. The van der Waals surface area contributed by atoms with Gasteiger partial charge in [-0.05, 0) is 43.9 Å². The number of hydrogen-bond acceptors (Lipinski definition) is 2. The van der Waals surface area contributed by atoms with Crippen LogP contribution in [-0.2, 0) is 6.42 Å². The minimum atomic E-state index is -0.418. The first-order chi connectivity index (χ1) is 7.00. The highest BCUT2D eigenvalue weighted by atomic mass is 79.9. The Morgan fingerprint density at radius 2 is 2.13 bits per heavy atom. The van der Waals surface area contributed by atoms with E-state index in [2.05, 4.69) is 41.1 Å². The first kappa shape index (κ1) is 12.7. The molecular formula is C12H18BrNO. The Labute approximate surface area is 99.6 Å². The van der Waals surface area contributed by atoms with Crippen molar-refractivity contribution >= 4 is 15.9 Å². The molecule has 0 saturated heterocycles. The largest absolute Gasteiger partial charge is 0.392 e. The van der Waals surface area contributed by atoms with Crippen molar-refractivity contribution < 1.29 is 5.11 Å². The molecule has 0 radical (unpaired) electrons. The van der Waals surface area contributed by atoms with Crippen molar-refractivity contribution in [3.63, 3.8) is 0 Å². The number of benzene rings is 1. The number of rotatable bonds is 4. The van der Waals surface area contributed by atoms with Crippen LogP contribution < -0.4 is 5.73 Å². The highest BCUT2D eigenvalue weighted by Gasteiger charge is 2.10. The van der Waals surface area contributed by atoms with Crippen molar-refractivity contribution in [1.82, 2.24) is 0 Å². The van der Waals surface area contributed by atoms with Crippen molar-refractivity contribution in [3.8, 4) is 0 Å². The number of aryl methyl sites for hydroxylation is 2. The van der Waals surface area contributed by atoms with E-state index in [0.717, 1.165) is 10.9 Å². The van der Waals surface area contributed by atoms with Gasteiger partial charge in [-0.3, -0.25) is 0 Å². The fourth-order valence-electron chi connectivity index (χ4n) is 1.42. The molecule has 0 aliphatic carbocycles. The molecular weight excluding hydrogens is 254 g/mol. The topological polar surface area (TPSA) is 46.2 Å². The molecule has 0 amide bonds. The van der Waals surface area contributed by atoms with Crippen molar-refractivity contribution in [1.29, 1.82) is 0 Å². The maximum atomic E-state index is 9.59. The van der Waals surface area contributed by atoms with Crippen LogP contribution in [0, 0.1) is 6.92 Å². The van der Waals surface area contributed by atoms with Gasteiger partial charge in [0.15, 0.2) is 0 Å². The van der Waals surface area contributed by atoms with Crippen LogP contribution in [0.5, 0.6) is 0 Å². The molecule has 3 N–H and O–H groups in total. The third-order valence-electron chi connectivity index (χ3n) is 2.52. The molecule has 0 saturated carbocycles. The third-order valence-corrected chi connectivity index (χ3v) is 3.26. The van der Waals surface area contributed by atoms with Gasteiger partial charge in [0.05, 0.1) is 6.10 Å². The molecule has 1 aromatic rings. The molecule has 0 heterocycles. The highest BCUT2D eigenvalue weighted by molar-refractivity contribution is 9.10. The monoisotopic (exact) mass is 271 g/mol. The zero-order valence-corrected chi connectivity index (χ0v) is 10.8. The van der Waals surface area contributed by atoms with E-state index >= 15 is 0 Å². The van der Waals surface area contributed by atoms with Crippen LogP contribution in [0.25, 0.3) is 0 Å². The average Bonchev–Trinajstić information content (AvgIpc) is 2.15. The second-order valence-electron chi connectivity index (χ2n) is 4.06. The fourth-order valence-corrected chi connectivity index (χ4v) is 2.11. The number of aliphatic hydroxyl groups excluding tert-OH is 1. The second kappa shape index (κ2) is 5.64. The Morgan fingerprint density at radius 1 is 1.47 bits per heavy atom. The maximum absolute atomic E-state index is 9.59. The predicted octanol–water partition coefficient (Wildman–Crippen LogP) is 2.40. The summed E-state index contributed by atoms with van der Waals surface area (Å²) in [5.41, 5.74) is 8.06.